The number of benzene rings is 1. The molecule has 100 valence electrons. The molecule has 0 unspecified atom stereocenters. The van der Waals surface area contributed by atoms with Gasteiger partial charge in [0.1, 0.15) is 5.75 Å². The lowest BCUT2D eigenvalue weighted by atomic mass is 10.1. The maximum atomic E-state index is 12.1. The Labute approximate surface area is 113 Å². The van der Waals surface area contributed by atoms with Crippen LogP contribution in [0.15, 0.2) is 36.7 Å². The van der Waals surface area contributed by atoms with Crippen molar-refractivity contribution in [2.75, 3.05) is 7.11 Å². The van der Waals surface area contributed by atoms with Crippen LogP contribution in [-0.2, 0) is 13.0 Å². The minimum absolute atomic E-state index is 0.0858. The van der Waals surface area contributed by atoms with Crippen molar-refractivity contribution in [2.24, 2.45) is 0 Å². The monoisotopic (exact) mass is 258 g/mol. The van der Waals surface area contributed by atoms with Crippen molar-refractivity contribution in [3.8, 4) is 5.75 Å². The Bertz CT molecular complexity index is 544. The summed E-state index contributed by atoms with van der Waals surface area (Å²) in [7, 11) is 1.64. The lowest BCUT2D eigenvalue weighted by molar-refractivity contribution is 0.0969. The van der Waals surface area contributed by atoms with Gasteiger partial charge in [-0.3, -0.25) is 4.79 Å². The minimum atomic E-state index is 0.0858. The fraction of sp³-hybridized carbons (Fsp3) is 0.333. The van der Waals surface area contributed by atoms with Crippen molar-refractivity contribution < 1.29 is 9.53 Å². The molecule has 0 aliphatic heterocycles. The van der Waals surface area contributed by atoms with Gasteiger partial charge in [-0.2, -0.15) is 0 Å². The van der Waals surface area contributed by atoms with Crippen molar-refractivity contribution >= 4 is 5.78 Å². The van der Waals surface area contributed by atoms with E-state index in [-0.39, 0.29) is 5.78 Å². The summed E-state index contributed by atoms with van der Waals surface area (Å²) in [4.78, 5) is 16.2. The number of ether oxygens (including phenoxy) is 1. The van der Waals surface area contributed by atoms with E-state index in [0.29, 0.717) is 12.2 Å². The number of ketones is 1. The highest BCUT2D eigenvalue weighted by molar-refractivity contribution is 5.92. The molecule has 0 saturated heterocycles. The van der Waals surface area contributed by atoms with Crippen LogP contribution in [0.3, 0.4) is 0 Å². The molecule has 0 spiro atoms. The Hall–Kier alpha value is -2.10. The molecule has 0 atom stereocenters. The van der Waals surface area contributed by atoms with Crippen molar-refractivity contribution in [3.63, 3.8) is 0 Å². The molecule has 0 aliphatic carbocycles. The number of nitrogens with zero attached hydrogens (tertiary/aromatic N) is 2. The van der Waals surface area contributed by atoms with E-state index in [1.807, 2.05) is 42.0 Å². The molecule has 2 rings (SSSR count). The van der Waals surface area contributed by atoms with Crippen molar-refractivity contribution in [3.05, 3.63) is 48.0 Å². The predicted molar refractivity (Wildman–Crippen MR) is 73.5 cm³/mol. The summed E-state index contributed by atoms with van der Waals surface area (Å²) in [6.07, 6.45) is 4.70. The molecule has 0 bridgehead atoms. The van der Waals surface area contributed by atoms with Gasteiger partial charge < -0.3 is 9.30 Å². The van der Waals surface area contributed by atoms with Gasteiger partial charge in [-0.05, 0) is 31.0 Å². The number of aryl methyl sites for hydroxylation is 2. The average Bonchev–Trinajstić information content (AvgIpc) is 2.93. The summed E-state index contributed by atoms with van der Waals surface area (Å²) >= 11 is 0. The lowest BCUT2D eigenvalue weighted by Crippen LogP contribution is -2.10. The third-order valence-corrected chi connectivity index (χ3v) is 3.11. The highest BCUT2D eigenvalue weighted by atomic mass is 16.5. The van der Waals surface area contributed by atoms with Gasteiger partial charge in [0.05, 0.1) is 7.11 Å². The van der Waals surface area contributed by atoms with Crippen molar-refractivity contribution in [1.82, 2.24) is 9.55 Å². The zero-order valence-electron chi connectivity index (χ0n) is 11.3. The average molecular weight is 258 g/mol. The maximum Gasteiger partial charge on any atom is 0.198 e. The van der Waals surface area contributed by atoms with Crippen LogP contribution >= 0.6 is 0 Å². The van der Waals surface area contributed by atoms with E-state index in [2.05, 4.69) is 4.98 Å². The molecule has 0 aliphatic rings. The Balaban J connectivity index is 1.96. The predicted octanol–water partition coefficient (Wildman–Crippen LogP) is 2.73. The molecule has 0 fully saturated rings. The van der Waals surface area contributed by atoms with E-state index in [1.54, 1.807) is 13.3 Å². The van der Waals surface area contributed by atoms with Gasteiger partial charge >= 0.3 is 0 Å². The largest absolute Gasteiger partial charge is 0.497 e. The van der Waals surface area contributed by atoms with Crippen LogP contribution in [0.5, 0.6) is 5.75 Å². The molecule has 0 N–H and O–H groups in total. The number of hydrogen-bond acceptors (Lipinski definition) is 3. The molecule has 0 saturated carbocycles. The Kier molecular flexibility index (Phi) is 4.34. The van der Waals surface area contributed by atoms with E-state index in [9.17, 15) is 4.79 Å². The summed E-state index contributed by atoms with van der Waals surface area (Å²) in [5.41, 5.74) is 1.13. The smallest absolute Gasteiger partial charge is 0.198 e. The molecule has 19 heavy (non-hydrogen) atoms. The quantitative estimate of drug-likeness (QED) is 0.748. The second-order valence-electron chi connectivity index (χ2n) is 4.31. The summed E-state index contributed by atoms with van der Waals surface area (Å²) in [6, 6.07) is 7.79. The fourth-order valence-electron chi connectivity index (χ4n) is 1.98. The number of hydrogen-bond donors (Lipinski definition) is 0. The lowest BCUT2D eigenvalue weighted by Gasteiger charge is -2.05. The van der Waals surface area contributed by atoms with Crippen molar-refractivity contribution in [1.29, 1.82) is 0 Å². The summed E-state index contributed by atoms with van der Waals surface area (Å²) < 4.78 is 6.98. The summed E-state index contributed by atoms with van der Waals surface area (Å²) in [6.45, 7) is 2.77. The van der Waals surface area contributed by atoms with E-state index < -0.39 is 0 Å². The molecule has 1 heterocycles. The maximum absolute atomic E-state index is 12.1. The van der Waals surface area contributed by atoms with Gasteiger partial charge in [0.25, 0.3) is 0 Å². The van der Waals surface area contributed by atoms with E-state index in [1.165, 1.54) is 0 Å². The number of methoxy groups -OCH3 is 1. The topological polar surface area (TPSA) is 44.1 Å². The highest BCUT2D eigenvalue weighted by Crippen LogP contribution is 2.13. The Morgan fingerprint density at radius 3 is 2.68 bits per heavy atom. The molecule has 1 aromatic heterocycles. The Morgan fingerprint density at radius 2 is 2.05 bits per heavy atom. The number of aromatic nitrogens is 2. The Morgan fingerprint density at radius 1 is 1.32 bits per heavy atom. The second kappa shape index (κ2) is 6.18. The molecule has 0 amide bonds. The molecule has 4 nitrogen and oxygen atoms in total. The normalized spacial score (nSPS) is 10.4. The third-order valence-electron chi connectivity index (χ3n) is 3.11. The molecule has 4 heteroatoms. The summed E-state index contributed by atoms with van der Waals surface area (Å²) in [5, 5.41) is 0. The fourth-order valence-corrected chi connectivity index (χ4v) is 1.98. The first-order valence-corrected chi connectivity index (χ1v) is 6.42. The molecule has 2 aromatic rings. The van der Waals surface area contributed by atoms with Gasteiger partial charge in [-0.15, -0.1) is 0 Å². The van der Waals surface area contributed by atoms with Gasteiger partial charge in [-0.25, -0.2) is 4.98 Å². The first kappa shape index (κ1) is 13.3. The zero-order chi connectivity index (χ0) is 13.7. The number of rotatable bonds is 6. The van der Waals surface area contributed by atoms with E-state index in [4.69, 9.17) is 4.74 Å². The highest BCUT2D eigenvalue weighted by Gasteiger charge is 2.11. The first-order chi connectivity index (χ1) is 9.24. The standard InChI is InChI=1S/C15H18N2O2/c1-3-17-11-10-16-15(17)14(18)9-6-12-4-7-13(19-2)8-5-12/h4-5,7-8,10-11H,3,6,9H2,1-2H3. The van der Waals surface area contributed by atoms with Crippen LogP contribution < -0.4 is 4.74 Å². The van der Waals surface area contributed by atoms with Crippen LogP contribution in [0, 0.1) is 0 Å². The molecular formula is C15H18N2O2. The molecule has 1 aromatic carbocycles. The SMILES string of the molecule is CCn1ccnc1C(=O)CCc1ccc(OC)cc1. The number of Topliss-reactive ketones (excluding diaryl/α,β-unsaturated/α-hetero) is 1. The number of carbonyl (C=O) groups is 1. The van der Waals surface area contributed by atoms with Crippen LogP contribution in [0.1, 0.15) is 29.5 Å². The minimum Gasteiger partial charge on any atom is -0.497 e. The van der Waals surface area contributed by atoms with Crippen molar-refractivity contribution in [2.45, 2.75) is 26.3 Å². The van der Waals surface area contributed by atoms with E-state index >= 15 is 0 Å². The van der Waals surface area contributed by atoms with Crippen LogP contribution in [-0.4, -0.2) is 22.4 Å². The number of imidazole rings is 1. The number of carbonyl (C=O) groups excluding carboxylic acids is 1. The third kappa shape index (κ3) is 3.22. The van der Waals surface area contributed by atoms with Gasteiger partial charge in [0.15, 0.2) is 11.6 Å². The van der Waals surface area contributed by atoms with E-state index in [0.717, 1.165) is 24.3 Å². The van der Waals surface area contributed by atoms with Gasteiger partial charge in [-0.1, -0.05) is 12.1 Å². The van der Waals surface area contributed by atoms with Crippen LogP contribution in [0.25, 0.3) is 0 Å². The van der Waals surface area contributed by atoms with Crippen LogP contribution in [0.4, 0.5) is 0 Å². The second-order valence-corrected chi connectivity index (χ2v) is 4.31. The molecule has 0 radical (unpaired) electrons. The molecular weight excluding hydrogens is 240 g/mol. The van der Waals surface area contributed by atoms with Crippen LogP contribution in [0.2, 0.25) is 0 Å². The first-order valence-electron chi connectivity index (χ1n) is 6.42. The van der Waals surface area contributed by atoms with Gasteiger partial charge in [0.2, 0.25) is 0 Å². The zero-order valence-corrected chi connectivity index (χ0v) is 11.3. The van der Waals surface area contributed by atoms with Gasteiger partial charge in [0, 0.05) is 25.4 Å². The summed E-state index contributed by atoms with van der Waals surface area (Å²) in [5.74, 6) is 1.47.